The molecule has 0 unspecified atom stereocenters. The van der Waals surface area contributed by atoms with Gasteiger partial charge >= 0.3 is 0 Å². The average molecular weight is 382 g/mol. The van der Waals surface area contributed by atoms with E-state index in [2.05, 4.69) is 5.32 Å². The Hall–Kier alpha value is -2.98. The molecule has 0 aliphatic carbocycles. The maximum atomic E-state index is 12.7. The number of para-hydroxylation sites is 2. The van der Waals surface area contributed by atoms with E-state index in [-0.39, 0.29) is 5.91 Å². The van der Waals surface area contributed by atoms with Crippen LogP contribution in [-0.4, -0.2) is 12.0 Å². The molecule has 3 rings (SSSR count). The van der Waals surface area contributed by atoms with Crippen LogP contribution in [0.4, 0.5) is 5.69 Å². The van der Waals surface area contributed by atoms with Crippen LogP contribution in [0, 0.1) is 0 Å². The van der Waals surface area contributed by atoms with Gasteiger partial charge in [-0.15, -0.1) is 0 Å². The van der Waals surface area contributed by atoms with Crippen molar-refractivity contribution in [2.24, 2.45) is 0 Å². The Morgan fingerprint density at radius 1 is 0.963 bits per heavy atom. The molecule has 0 aromatic heterocycles. The Kier molecular flexibility index (Phi) is 6.34. The number of rotatable bonds is 7. The van der Waals surface area contributed by atoms with Crippen LogP contribution < -0.4 is 14.8 Å². The van der Waals surface area contributed by atoms with Crippen molar-refractivity contribution in [3.05, 3.63) is 83.9 Å². The molecular weight excluding hydrogens is 362 g/mol. The van der Waals surface area contributed by atoms with E-state index in [1.807, 2.05) is 67.6 Å². The zero-order valence-electron chi connectivity index (χ0n) is 14.9. The first kappa shape index (κ1) is 18.8. The number of amides is 1. The summed E-state index contributed by atoms with van der Waals surface area (Å²) < 4.78 is 11.7. The quantitative estimate of drug-likeness (QED) is 0.551. The molecule has 0 saturated heterocycles. The lowest BCUT2D eigenvalue weighted by molar-refractivity contribution is -0.122. The van der Waals surface area contributed by atoms with E-state index >= 15 is 0 Å². The van der Waals surface area contributed by atoms with Crippen molar-refractivity contribution in [3.63, 3.8) is 0 Å². The van der Waals surface area contributed by atoms with E-state index in [1.165, 1.54) is 0 Å². The van der Waals surface area contributed by atoms with E-state index in [4.69, 9.17) is 21.1 Å². The first-order valence-corrected chi connectivity index (χ1v) is 9.08. The molecule has 1 atom stereocenters. The van der Waals surface area contributed by atoms with Gasteiger partial charge < -0.3 is 14.8 Å². The van der Waals surface area contributed by atoms with Crippen molar-refractivity contribution >= 4 is 23.2 Å². The second kappa shape index (κ2) is 9.10. The van der Waals surface area contributed by atoms with Gasteiger partial charge in [-0.2, -0.15) is 0 Å². The normalized spacial score (nSPS) is 11.5. The van der Waals surface area contributed by atoms with Gasteiger partial charge in [-0.25, -0.2) is 0 Å². The summed E-state index contributed by atoms with van der Waals surface area (Å²) in [6.45, 7) is 1.90. The molecule has 1 N–H and O–H groups in total. The van der Waals surface area contributed by atoms with E-state index in [1.54, 1.807) is 18.2 Å². The molecule has 0 spiro atoms. The number of anilines is 1. The smallest absolute Gasteiger partial charge is 0.265 e. The molecule has 0 bridgehead atoms. The Morgan fingerprint density at radius 2 is 1.59 bits per heavy atom. The molecule has 3 aromatic carbocycles. The van der Waals surface area contributed by atoms with Gasteiger partial charge in [0.15, 0.2) is 11.9 Å². The molecule has 0 heterocycles. The molecule has 0 fully saturated rings. The molecule has 0 saturated carbocycles. The van der Waals surface area contributed by atoms with E-state index in [0.717, 1.165) is 0 Å². The van der Waals surface area contributed by atoms with Gasteiger partial charge in [0.05, 0.1) is 5.69 Å². The number of hydrogen-bond acceptors (Lipinski definition) is 3. The number of nitrogens with one attached hydrogen (secondary N) is 1. The number of ether oxygens (including phenoxy) is 2. The highest BCUT2D eigenvalue weighted by Crippen LogP contribution is 2.32. The predicted molar refractivity (Wildman–Crippen MR) is 108 cm³/mol. The number of carbonyl (C=O) groups excluding carboxylic acids is 1. The van der Waals surface area contributed by atoms with Gasteiger partial charge in [-0.05, 0) is 48.9 Å². The minimum atomic E-state index is -0.629. The van der Waals surface area contributed by atoms with Crippen molar-refractivity contribution in [2.75, 3.05) is 5.32 Å². The molecule has 0 aliphatic rings. The average Bonchev–Trinajstić information content (AvgIpc) is 2.69. The Morgan fingerprint density at radius 3 is 2.22 bits per heavy atom. The summed E-state index contributed by atoms with van der Waals surface area (Å²) in [4.78, 5) is 12.7. The summed E-state index contributed by atoms with van der Waals surface area (Å²) in [5, 5.41) is 3.37. The van der Waals surface area contributed by atoms with Gasteiger partial charge in [-0.3, -0.25) is 4.79 Å². The van der Waals surface area contributed by atoms with E-state index in [9.17, 15) is 4.79 Å². The van der Waals surface area contributed by atoms with Crippen molar-refractivity contribution in [1.82, 2.24) is 0 Å². The third-order valence-electron chi connectivity index (χ3n) is 3.86. The van der Waals surface area contributed by atoms with E-state index in [0.29, 0.717) is 34.4 Å². The lowest BCUT2D eigenvalue weighted by Crippen LogP contribution is -2.32. The molecule has 138 valence electrons. The van der Waals surface area contributed by atoms with Crippen LogP contribution in [0.5, 0.6) is 17.2 Å². The van der Waals surface area contributed by atoms with Crippen LogP contribution in [0.2, 0.25) is 5.02 Å². The molecule has 0 aliphatic heterocycles. The summed E-state index contributed by atoms with van der Waals surface area (Å²) in [7, 11) is 0. The van der Waals surface area contributed by atoms with Gasteiger partial charge in [0, 0.05) is 5.02 Å². The zero-order valence-corrected chi connectivity index (χ0v) is 15.6. The Bertz CT molecular complexity index is 885. The Labute approximate surface area is 163 Å². The fourth-order valence-electron chi connectivity index (χ4n) is 2.50. The fourth-order valence-corrected chi connectivity index (χ4v) is 2.68. The van der Waals surface area contributed by atoms with Crippen molar-refractivity contribution in [3.8, 4) is 17.2 Å². The topological polar surface area (TPSA) is 47.6 Å². The lowest BCUT2D eigenvalue weighted by Gasteiger charge is -2.19. The first-order chi connectivity index (χ1) is 13.2. The second-order valence-electron chi connectivity index (χ2n) is 5.87. The zero-order chi connectivity index (χ0) is 19.1. The third-order valence-corrected chi connectivity index (χ3v) is 4.09. The number of halogens is 1. The highest BCUT2D eigenvalue weighted by atomic mass is 35.5. The highest BCUT2D eigenvalue weighted by molar-refractivity contribution is 6.31. The monoisotopic (exact) mass is 381 g/mol. The fraction of sp³-hybridized carbons (Fsp3) is 0.136. The largest absolute Gasteiger partial charge is 0.481 e. The predicted octanol–water partition coefficient (Wildman–Crippen LogP) is 5.93. The number of carbonyl (C=O) groups is 1. The van der Waals surface area contributed by atoms with Crippen LogP contribution in [0.25, 0.3) is 0 Å². The highest BCUT2D eigenvalue weighted by Gasteiger charge is 2.20. The maximum absolute atomic E-state index is 12.7. The SMILES string of the molecule is CC[C@@H](Oc1ccccc1)C(=O)Nc1cc(Cl)ccc1Oc1ccccc1. The van der Waals surface area contributed by atoms with Gasteiger partial charge in [-0.1, -0.05) is 54.9 Å². The van der Waals surface area contributed by atoms with Gasteiger partial charge in [0.25, 0.3) is 5.91 Å². The summed E-state index contributed by atoms with van der Waals surface area (Å²) >= 11 is 6.11. The van der Waals surface area contributed by atoms with Crippen LogP contribution in [0.3, 0.4) is 0 Å². The van der Waals surface area contributed by atoms with Crippen LogP contribution in [-0.2, 0) is 4.79 Å². The molecule has 0 radical (unpaired) electrons. The maximum Gasteiger partial charge on any atom is 0.265 e. The minimum Gasteiger partial charge on any atom is -0.481 e. The summed E-state index contributed by atoms with van der Waals surface area (Å²) in [5.41, 5.74) is 0.492. The third kappa shape index (κ3) is 5.25. The summed E-state index contributed by atoms with van der Waals surface area (Å²) in [6.07, 6.45) is -0.105. The van der Waals surface area contributed by atoms with Crippen LogP contribution in [0.1, 0.15) is 13.3 Å². The van der Waals surface area contributed by atoms with Crippen molar-refractivity contribution < 1.29 is 14.3 Å². The molecule has 5 heteroatoms. The van der Waals surface area contributed by atoms with Crippen molar-refractivity contribution in [2.45, 2.75) is 19.4 Å². The van der Waals surface area contributed by atoms with E-state index < -0.39 is 6.10 Å². The lowest BCUT2D eigenvalue weighted by atomic mass is 10.2. The van der Waals surface area contributed by atoms with Gasteiger partial charge in [0.1, 0.15) is 11.5 Å². The van der Waals surface area contributed by atoms with Crippen molar-refractivity contribution in [1.29, 1.82) is 0 Å². The summed E-state index contributed by atoms with van der Waals surface area (Å²) in [6, 6.07) is 23.7. The molecular formula is C22H20ClNO3. The van der Waals surface area contributed by atoms with Crippen LogP contribution in [0.15, 0.2) is 78.9 Å². The molecule has 4 nitrogen and oxygen atoms in total. The number of hydrogen-bond donors (Lipinski definition) is 1. The van der Waals surface area contributed by atoms with Crippen LogP contribution >= 0.6 is 11.6 Å². The molecule has 3 aromatic rings. The molecule has 27 heavy (non-hydrogen) atoms. The standard InChI is InChI=1S/C22H20ClNO3/c1-2-20(26-17-9-5-3-6-10-17)22(25)24-19-15-16(23)13-14-21(19)27-18-11-7-4-8-12-18/h3-15,20H,2H2,1H3,(H,24,25)/t20-/m1/s1. The summed E-state index contributed by atoms with van der Waals surface area (Å²) in [5.74, 6) is 1.56. The minimum absolute atomic E-state index is 0.262. The van der Waals surface area contributed by atoms with Gasteiger partial charge in [0.2, 0.25) is 0 Å². The second-order valence-corrected chi connectivity index (χ2v) is 6.31. The number of benzene rings is 3. The first-order valence-electron chi connectivity index (χ1n) is 8.70. The Balaban J connectivity index is 1.77. The molecule has 1 amide bonds.